The van der Waals surface area contributed by atoms with Crippen molar-refractivity contribution in [2.24, 2.45) is 11.7 Å². The van der Waals surface area contributed by atoms with E-state index in [2.05, 4.69) is 15.6 Å². The van der Waals surface area contributed by atoms with Gasteiger partial charge in [-0.3, -0.25) is 19.2 Å². The molecular formula is C26H35N5O7. The van der Waals surface area contributed by atoms with Crippen molar-refractivity contribution < 1.29 is 34.2 Å². The van der Waals surface area contributed by atoms with Gasteiger partial charge in [0.2, 0.25) is 17.7 Å². The molecule has 1 saturated heterocycles. The lowest BCUT2D eigenvalue weighted by Crippen LogP contribution is -2.58. The van der Waals surface area contributed by atoms with E-state index in [0.29, 0.717) is 12.8 Å². The topological polar surface area (TPSA) is 195 Å². The Bertz CT molecular complexity index is 1190. The van der Waals surface area contributed by atoms with Crippen molar-refractivity contribution in [3.63, 3.8) is 0 Å². The number of aliphatic carboxylic acids is 2. The molecule has 1 aliphatic heterocycles. The molecule has 4 unspecified atom stereocenters. The van der Waals surface area contributed by atoms with E-state index in [9.17, 15) is 29.1 Å². The van der Waals surface area contributed by atoms with Gasteiger partial charge in [-0.15, -0.1) is 0 Å². The van der Waals surface area contributed by atoms with Gasteiger partial charge in [-0.05, 0) is 43.2 Å². The number of aromatic amines is 1. The number of aromatic nitrogens is 1. The lowest BCUT2D eigenvalue weighted by Gasteiger charge is -2.31. The number of nitrogens with zero attached hydrogens (tertiary/aromatic N) is 1. The second-order valence-electron chi connectivity index (χ2n) is 9.92. The van der Waals surface area contributed by atoms with Gasteiger partial charge in [-0.25, -0.2) is 4.79 Å². The van der Waals surface area contributed by atoms with E-state index in [0.717, 1.165) is 16.5 Å². The third-order valence-electron chi connectivity index (χ3n) is 6.78. The van der Waals surface area contributed by atoms with Crippen LogP contribution in [0.2, 0.25) is 0 Å². The average molecular weight is 530 g/mol. The summed E-state index contributed by atoms with van der Waals surface area (Å²) in [5.74, 6) is -4.46. The summed E-state index contributed by atoms with van der Waals surface area (Å²) in [5, 5.41) is 24.3. The minimum atomic E-state index is -1.39. The summed E-state index contributed by atoms with van der Waals surface area (Å²) in [7, 11) is 0. The zero-order chi connectivity index (χ0) is 28.0. The smallest absolute Gasteiger partial charge is 0.326 e. The van der Waals surface area contributed by atoms with Crippen LogP contribution in [0.1, 0.15) is 45.1 Å². The molecule has 0 bridgehead atoms. The van der Waals surface area contributed by atoms with Crippen LogP contribution >= 0.6 is 0 Å². The number of carbonyl (C=O) groups is 5. The Balaban J connectivity index is 1.66. The van der Waals surface area contributed by atoms with Crippen LogP contribution in [0.5, 0.6) is 0 Å². The quantitative estimate of drug-likeness (QED) is 0.230. The lowest BCUT2D eigenvalue weighted by atomic mass is 10.00. The van der Waals surface area contributed by atoms with E-state index < -0.39 is 60.2 Å². The molecule has 1 aromatic carbocycles. The highest BCUT2D eigenvalue weighted by atomic mass is 16.4. The molecule has 0 aliphatic carbocycles. The standard InChI is InChI=1S/C26H35N5O7/c1-14(2)22(30-23(34)17(27)12-15-13-28-18-7-4-3-6-16(15)18)25(36)31-11-5-8-20(31)24(35)29-19(26(37)38)9-10-21(32)33/h3-4,6-7,13-14,17,19-20,22,28H,5,8-12,27H2,1-2H3,(H,29,35)(H,30,34)(H,32,33)(H,37,38). The summed E-state index contributed by atoms with van der Waals surface area (Å²) in [6, 6.07) is 3.49. The summed E-state index contributed by atoms with van der Waals surface area (Å²) < 4.78 is 0. The SMILES string of the molecule is CC(C)C(NC(=O)C(N)Cc1c[nH]c2ccccc12)C(=O)N1CCCC1C(=O)NC(CCC(=O)O)C(=O)O. The molecule has 2 heterocycles. The first-order chi connectivity index (χ1) is 18.0. The van der Waals surface area contributed by atoms with E-state index in [1.807, 2.05) is 24.3 Å². The second-order valence-corrected chi connectivity index (χ2v) is 9.92. The number of nitrogens with one attached hydrogen (secondary N) is 3. The molecule has 7 N–H and O–H groups in total. The zero-order valence-corrected chi connectivity index (χ0v) is 21.5. The van der Waals surface area contributed by atoms with Crippen molar-refractivity contribution in [1.29, 1.82) is 0 Å². The lowest BCUT2D eigenvalue weighted by molar-refractivity contribution is -0.145. The van der Waals surface area contributed by atoms with Crippen molar-refractivity contribution in [2.45, 2.75) is 70.1 Å². The molecule has 1 aromatic heterocycles. The van der Waals surface area contributed by atoms with Crippen LogP contribution in [-0.4, -0.2) is 80.5 Å². The monoisotopic (exact) mass is 529 g/mol. The summed E-state index contributed by atoms with van der Waals surface area (Å²) >= 11 is 0. The van der Waals surface area contributed by atoms with Crippen LogP contribution in [0, 0.1) is 5.92 Å². The fourth-order valence-electron chi connectivity index (χ4n) is 4.68. The van der Waals surface area contributed by atoms with Gasteiger partial charge in [0.1, 0.15) is 18.1 Å². The fourth-order valence-corrected chi connectivity index (χ4v) is 4.68. The summed E-state index contributed by atoms with van der Waals surface area (Å²) in [6.45, 7) is 3.81. The van der Waals surface area contributed by atoms with Crippen LogP contribution < -0.4 is 16.4 Å². The number of rotatable bonds is 12. The van der Waals surface area contributed by atoms with Crippen LogP contribution in [0.3, 0.4) is 0 Å². The van der Waals surface area contributed by atoms with E-state index in [-0.39, 0.29) is 25.3 Å². The van der Waals surface area contributed by atoms with Crippen LogP contribution in [0.4, 0.5) is 0 Å². The van der Waals surface area contributed by atoms with Crippen LogP contribution in [0.15, 0.2) is 30.5 Å². The van der Waals surface area contributed by atoms with Gasteiger partial charge in [0.25, 0.3) is 0 Å². The highest BCUT2D eigenvalue weighted by Gasteiger charge is 2.40. The number of hydrogen-bond donors (Lipinski definition) is 6. The summed E-state index contributed by atoms with van der Waals surface area (Å²) in [4.78, 5) is 66.2. The molecule has 0 radical (unpaired) electrons. The predicted molar refractivity (Wildman–Crippen MR) is 138 cm³/mol. The normalized spacial score (nSPS) is 17.7. The highest BCUT2D eigenvalue weighted by molar-refractivity contribution is 5.95. The number of para-hydroxylation sites is 1. The molecular weight excluding hydrogens is 494 g/mol. The van der Waals surface area contributed by atoms with Gasteiger partial charge in [0.15, 0.2) is 0 Å². The fraction of sp³-hybridized carbons (Fsp3) is 0.500. The first-order valence-corrected chi connectivity index (χ1v) is 12.7. The number of nitrogens with two attached hydrogens (primary N) is 1. The van der Waals surface area contributed by atoms with Crippen molar-refractivity contribution in [1.82, 2.24) is 20.5 Å². The largest absolute Gasteiger partial charge is 0.481 e. The van der Waals surface area contributed by atoms with E-state index in [4.69, 9.17) is 10.8 Å². The number of hydrogen-bond acceptors (Lipinski definition) is 6. The van der Waals surface area contributed by atoms with Crippen LogP contribution in [0.25, 0.3) is 10.9 Å². The molecule has 12 heteroatoms. The Morgan fingerprint density at radius 1 is 1.13 bits per heavy atom. The maximum atomic E-state index is 13.5. The number of H-pyrrole nitrogens is 1. The molecule has 206 valence electrons. The minimum Gasteiger partial charge on any atom is -0.481 e. The third-order valence-corrected chi connectivity index (χ3v) is 6.78. The molecule has 0 spiro atoms. The Kier molecular flexibility index (Phi) is 9.45. The molecule has 2 aromatic rings. The molecule has 12 nitrogen and oxygen atoms in total. The maximum Gasteiger partial charge on any atom is 0.326 e. The minimum absolute atomic E-state index is 0.260. The Morgan fingerprint density at radius 3 is 2.50 bits per heavy atom. The highest BCUT2D eigenvalue weighted by Crippen LogP contribution is 2.22. The molecule has 1 aliphatic rings. The van der Waals surface area contributed by atoms with Crippen molar-refractivity contribution in [3.8, 4) is 0 Å². The third kappa shape index (κ3) is 6.88. The van der Waals surface area contributed by atoms with Gasteiger partial charge in [-0.1, -0.05) is 32.0 Å². The number of likely N-dealkylation sites (tertiary alicyclic amines) is 1. The van der Waals surface area contributed by atoms with Crippen LogP contribution in [-0.2, 0) is 30.4 Å². The maximum absolute atomic E-state index is 13.5. The summed E-state index contributed by atoms with van der Waals surface area (Å²) in [5.41, 5.74) is 8.00. The molecule has 1 fully saturated rings. The van der Waals surface area contributed by atoms with E-state index >= 15 is 0 Å². The number of carboxylic acid groups (broad SMARTS) is 2. The first kappa shape index (κ1) is 28.6. The first-order valence-electron chi connectivity index (χ1n) is 12.7. The molecule has 3 amide bonds. The number of amides is 3. The van der Waals surface area contributed by atoms with Crippen molar-refractivity contribution >= 4 is 40.6 Å². The zero-order valence-electron chi connectivity index (χ0n) is 21.5. The van der Waals surface area contributed by atoms with Gasteiger partial charge in [0, 0.05) is 30.1 Å². The van der Waals surface area contributed by atoms with Crippen molar-refractivity contribution in [2.75, 3.05) is 6.54 Å². The number of fused-ring (bicyclic) bond motifs is 1. The Morgan fingerprint density at radius 2 is 1.84 bits per heavy atom. The van der Waals surface area contributed by atoms with Crippen molar-refractivity contribution in [3.05, 3.63) is 36.0 Å². The number of carboxylic acids is 2. The molecule has 38 heavy (non-hydrogen) atoms. The summed E-state index contributed by atoms with van der Waals surface area (Å²) in [6.07, 6.45) is 2.20. The number of benzene rings is 1. The predicted octanol–water partition coefficient (Wildman–Crippen LogP) is 0.604. The van der Waals surface area contributed by atoms with E-state index in [1.54, 1.807) is 20.0 Å². The second kappa shape index (κ2) is 12.5. The molecule has 3 rings (SSSR count). The number of carbonyl (C=O) groups excluding carboxylic acids is 3. The average Bonchev–Trinajstić information content (AvgIpc) is 3.51. The van der Waals surface area contributed by atoms with E-state index in [1.165, 1.54) is 4.90 Å². The Hall–Kier alpha value is -3.93. The van der Waals surface area contributed by atoms with Gasteiger partial charge in [0.05, 0.1) is 6.04 Å². The van der Waals surface area contributed by atoms with Gasteiger partial charge in [-0.2, -0.15) is 0 Å². The molecule has 4 atom stereocenters. The Labute approximate surface area is 219 Å². The van der Waals surface area contributed by atoms with Gasteiger partial charge >= 0.3 is 11.9 Å². The van der Waals surface area contributed by atoms with Gasteiger partial charge < -0.3 is 36.5 Å². The molecule has 0 saturated carbocycles.